The highest BCUT2D eigenvalue weighted by Crippen LogP contribution is 1.93. The van der Waals surface area contributed by atoms with Crippen LogP contribution in [0.15, 0.2) is 0 Å². The van der Waals surface area contributed by atoms with Gasteiger partial charge in [-0.15, -0.1) is 0 Å². The lowest BCUT2D eigenvalue weighted by Gasteiger charge is -2.12. The Morgan fingerprint density at radius 3 is 2.28 bits per heavy atom. The normalized spacial score (nSPS) is 11.3. The van der Waals surface area contributed by atoms with Crippen molar-refractivity contribution in [2.45, 2.75) is 32.7 Å². The number of hydrogen-bond donors (Lipinski definition) is 2. The highest BCUT2D eigenvalue weighted by atomic mass is 16.5. The molecule has 0 bridgehead atoms. The van der Waals surface area contributed by atoms with Crippen LogP contribution in [-0.2, 0) is 23.9 Å². The van der Waals surface area contributed by atoms with Crippen LogP contribution >= 0.6 is 0 Å². The van der Waals surface area contributed by atoms with Gasteiger partial charge in [0.05, 0.1) is 20.1 Å². The van der Waals surface area contributed by atoms with Gasteiger partial charge in [-0.05, 0) is 6.92 Å². The van der Waals surface area contributed by atoms with E-state index < -0.39 is 17.9 Å². The molecule has 7 heteroatoms. The number of ether oxygens (including phenoxy) is 1. The van der Waals surface area contributed by atoms with Crippen LogP contribution in [0.3, 0.4) is 0 Å². The SMILES string of the molecule is COC(=O)CCC(=O)CNC(=O)[C@@H](C)NC(C)=O. The molecule has 0 spiro atoms. The molecule has 0 heterocycles. The number of carbonyl (C=O) groups is 4. The Bertz CT molecular complexity index is 340. The fourth-order valence-electron chi connectivity index (χ4n) is 1.14. The Hall–Kier alpha value is -1.92. The van der Waals surface area contributed by atoms with Gasteiger partial charge in [-0.2, -0.15) is 0 Å². The molecule has 0 saturated carbocycles. The Labute approximate surface area is 105 Å². The first-order chi connectivity index (χ1) is 8.36. The molecular weight excluding hydrogens is 240 g/mol. The van der Waals surface area contributed by atoms with Gasteiger partial charge in [-0.1, -0.05) is 0 Å². The predicted molar refractivity (Wildman–Crippen MR) is 62.5 cm³/mol. The zero-order chi connectivity index (χ0) is 14.1. The van der Waals surface area contributed by atoms with E-state index >= 15 is 0 Å². The second-order valence-corrected chi connectivity index (χ2v) is 3.75. The molecule has 0 aliphatic carbocycles. The zero-order valence-electron chi connectivity index (χ0n) is 10.7. The first-order valence-electron chi connectivity index (χ1n) is 5.50. The summed E-state index contributed by atoms with van der Waals surface area (Å²) in [5.41, 5.74) is 0. The summed E-state index contributed by atoms with van der Waals surface area (Å²) in [7, 11) is 1.24. The summed E-state index contributed by atoms with van der Waals surface area (Å²) in [5.74, 6) is -1.52. The van der Waals surface area contributed by atoms with Crippen LogP contribution in [0.5, 0.6) is 0 Å². The third kappa shape index (κ3) is 7.37. The molecule has 0 radical (unpaired) electrons. The lowest BCUT2D eigenvalue weighted by molar-refractivity contribution is -0.141. The van der Waals surface area contributed by atoms with Gasteiger partial charge < -0.3 is 15.4 Å². The second-order valence-electron chi connectivity index (χ2n) is 3.75. The zero-order valence-corrected chi connectivity index (χ0v) is 10.7. The molecule has 0 aliphatic rings. The molecular formula is C11H18N2O5. The number of Topliss-reactive ketones (excluding diaryl/α,β-unsaturated/α-hetero) is 1. The Balaban J connectivity index is 3.87. The van der Waals surface area contributed by atoms with E-state index in [0.717, 1.165) is 0 Å². The molecule has 2 N–H and O–H groups in total. The van der Waals surface area contributed by atoms with E-state index in [9.17, 15) is 19.2 Å². The molecule has 0 aliphatic heterocycles. The maximum Gasteiger partial charge on any atom is 0.305 e. The predicted octanol–water partition coefficient (Wildman–Crippen LogP) is -0.850. The van der Waals surface area contributed by atoms with E-state index in [1.54, 1.807) is 0 Å². The fourth-order valence-corrected chi connectivity index (χ4v) is 1.14. The average molecular weight is 258 g/mol. The molecule has 1 atom stereocenters. The smallest absolute Gasteiger partial charge is 0.305 e. The molecule has 0 aromatic heterocycles. The van der Waals surface area contributed by atoms with Gasteiger partial charge in [0.1, 0.15) is 6.04 Å². The summed E-state index contributed by atoms with van der Waals surface area (Å²) in [6.07, 6.45) is 0.00786. The number of ketones is 1. The van der Waals surface area contributed by atoms with Crippen molar-refractivity contribution in [1.82, 2.24) is 10.6 Å². The van der Waals surface area contributed by atoms with Crippen LogP contribution in [0, 0.1) is 0 Å². The number of esters is 1. The van der Waals surface area contributed by atoms with Crippen molar-refractivity contribution in [3.63, 3.8) is 0 Å². The lowest BCUT2D eigenvalue weighted by Crippen LogP contribution is -2.45. The van der Waals surface area contributed by atoms with Crippen LogP contribution < -0.4 is 10.6 Å². The van der Waals surface area contributed by atoms with E-state index in [-0.39, 0.29) is 31.1 Å². The van der Waals surface area contributed by atoms with Crippen LogP contribution in [0.1, 0.15) is 26.7 Å². The number of hydrogen-bond acceptors (Lipinski definition) is 5. The fraction of sp³-hybridized carbons (Fsp3) is 0.636. The molecule has 0 rings (SSSR count). The standard InChI is InChI=1S/C11H18N2O5/c1-7(13-8(2)14)11(17)12-6-9(15)4-5-10(16)18-3/h7H,4-6H2,1-3H3,(H,12,17)(H,13,14)/t7-/m1/s1. The average Bonchev–Trinajstić information content (AvgIpc) is 2.31. The monoisotopic (exact) mass is 258 g/mol. The minimum atomic E-state index is -0.698. The van der Waals surface area contributed by atoms with E-state index in [2.05, 4.69) is 15.4 Å². The van der Waals surface area contributed by atoms with Crippen molar-refractivity contribution in [2.75, 3.05) is 13.7 Å². The molecule has 2 amide bonds. The second kappa shape index (κ2) is 8.21. The third-order valence-electron chi connectivity index (χ3n) is 2.11. The number of nitrogens with one attached hydrogen (secondary N) is 2. The van der Waals surface area contributed by atoms with E-state index in [1.807, 2.05) is 0 Å². The molecule has 18 heavy (non-hydrogen) atoms. The van der Waals surface area contributed by atoms with E-state index in [1.165, 1.54) is 21.0 Å². The van der Waals surface area contributed by atoms with Gasteiger partial charge in [0.15, 0.2) is 5.78 Å². The van der Waals surface area contributed by atoms with Gasteiger partial charge in [0.2, 0.25) is 11.8 Å². The molecule has 102 valence electrons. The third-order valence-corrected chi connectivity index (χ3v) is 2.11. The van der Waals surface area contributed by atoms with E-state index in [4.69, 9.17) is 0 Å². The summed E-state index contributed by atoms with van der Waals surface area (Å²) < 4.78 is 4.38. The van der Waals surface area contributed by atoms with Gasteiger partial charge in [-0.3, -0.25) is 19.2 Å². The Kier molecular flexibility index (Phi) is 7.34. The molecule has 0 aromatic carbocycles. The molecule has 0 unspecified atom stereocenters. The van der Waals surface area contributed by atoms with Crippen molar-refractivity contribution in [2.24, 2.45) is 0 Å². The molecule has 0 saturated heterocycles. The Morgan fingerprint density at radius 2 is 1.78 bits per heavy atom. The Morgan fingerprint density at radius 1 is 1.17 bits per heavy atom. The number of methoxy groups -OCH3 is 1. The maximum atomic E-state index is 11.4. The maximum absolute atomic E-state index is 11.4. The van der Waals surface area contributed by atoms with Gasteiger partial charge >= 0.3 is 5.97 Å². The van der Waals surface area contributed by atoms with Gasteiger partial charge in [0, 0.05) is 13.3 Å². The minimum absolute atomic E-state index is 0.00749. The van der Waals surface area contributed by atoms with E-state index in [0.29, 0.717) is 0 Å². The summed E-state index contributed by atoms with van der Waals surface area (Å²) >= 11 is 0. The van der Waals surface area contributed by atoms with Crippen LogP contribution in [-0.4, -0.2) is 43.3 Å². The van der Waals surface area contributed by atoms with Crippen LogP contribution in [0.4, 0.5) is 0 Å². The van der Waals surface area contributed by atoms with Gasteiger partial charge in [0.25, 0.3) is 0 Å². The quantitative estimate of drug-likeness (QED) is 0.579. The number of amides is 2. The van der Waals surface area contributed by atoms with Crippen molar-refractivity contribution in [3.05, 3.63) is 0 Å². The first-order valence-corrected chi connectivity index (χ1v) is 5.50. The highest BCUT2D eigenvalue weighted by Gasteiger charge is 2.14. The summed E-state index contributed by atoms with van der Waals surface area (Å²) in [6, 6.07) is -0.698. The highest BCUT2D eigenvalue weighted by molar-refractivity contribution is 5.91. The number of carbonyl (C=O) groups excluding carboxylic acids is 4. The molecule has 0 aromatic rings. The van der Waals surface area contributed by atoms with Crippen molar-refractivity contribution >= 4 is 23.6 Å². The first kappa shape index (κ1) is 16.1. The summed E-state index contributed by atoms with van der Waals surface area (Å²) in [6.45, 7) is 2.64. The topological polar surface area (TPSA) is 102 Å². The molecule has 7 nitrogen and oxygen atoms in total. The van der Waals surface area contributed by atoms with Crippen molar-refractivity contribution in [3.8, 4) is 0 Å². The largest absolute Gasteiger partial charge is 0.469 e. The summed E-state index contributed by atoms with van der Waals surface area (Å²) in [5, 5.41) is 4.76. The van der Waals surface area contributed by atoms with Crippen molar-refractivity contribution in [1.29, 1.82) is 0 Å². The van der Waals surface area contributed by atoms with Gasteiger partial charge in [-0.25, -0.2) is 0 Å². The summed E-state index contributed by atoms with van der Waals surface area (Å²) in [4.78, 5) is 44.2. The molecule has 0 fully saturated rings. The lowest BCUT2D eigenvalue weighted by atomic mass is 10.2. The number of rotatable bonds is 7. The minimum Gasteiger partial charge on any atom is -0.469 e. The van der Waals surface area contributed by atoms with Crippen LogP contribution in [0.25, 0.3) is 0 Å². The van der Waals surface area contributed by atoms with Crippen molar-refractivity contribution < 1.29 is 23.9 Å². The van der Waals surface area contributed by atoms with Crippen LogP contribution in [0.2, 0.25) is 0 Å².